The van der Waals surface area contributed by atoms with Crippen LogP contribution in [-0.2, 0) is 4.79 Å². The van der Waals surface area contributed by atoms with Gasteiger partial charge in [0.2, 0.25) is 5.91 Å². The van der Waals surface area contributed by atoms with E-state index >= 15 is 0 Å². The lowest BCUT2D eigenvalue weighted by atomic mass is 10.0. The molecular weight excluding hydrogens is 416 g/mol. The zero-order chi connectivity index (χ0) is 23.5. The van der Waals surface area contributed by atoms with Gasteiger partial charge in [-0.25, -0.2) is 0 Å². The van der Waals surface area contributed by atoms with E-state index in [1.165, 1.54) is 6.21 Å². The maximum atomic E-state index is 11.1. The molecule has 0 fully saturated rings. The van der Waals surface area contributed by atoms with Crippen molar-refractivity contribution >= 4 is 29.1 Å². The molecule has 0 saturated heterocycles. The molecule has 1 amide bonds. The van der Waals surface area contributed by atoms with Gasteiger partial charge in [0.05, 0.1) is 29.6 Å². The van der Waals surface area contributed by atoms with Gasteiger partial charge in [0.15, 0.2) is 0 Å². The van der Waals surface area contributed by atoms with Gasteiger partial charge in [-0.2, -0.15) is 5.26 Å². The maximum Gasteiger partial charge on any atom is 0.236 e. The average Bonchev–Trinajstić information content (AvgIpc) is 3.15. The standard InChI is InChI=1S/C24H24N8O/c1-15-14-31(20-6-3-17(10-25)4-7-20)22-9-18(19(11-26)12-28-13-23(27)33)5-8-21(22)32-16(2)29-30-24(15)32/h3-9,11-12,15,26,28H,13-14H2,1-2H3,(H2,27,33)/b19-12+,26-11?/t15-/m1/s1. The molecule has 4 rings (SSSR count). The Bertz CT molecular complexity index is 1280. The van der Waals surface area contributed by atoms with Gasteiger partial charge in [0, 0.05) is 36.1 Å². The third-order valence-electron chi connectivity index (χ3n) is 5.58. The number of anilines is 2. The minimum absolute atomic E-state index is 0.0135. The van der Waals surface area contributed by atoms with Crippen LogP contribution in [0.3, 0.4) is 0 Å². The predicted molar refractivity (Wildman–Crippen MR) is 127 cm³/mol. The smallest absolute Gasteiger partial charge is 0.236 e. The quantitative estimate of drug-likeness (QED) is 0.504. The van der Waals surface area contributed by atoms with E-state index in [1.54, 1.807) is 18.3 Å². The summed E-state index contributed by atoms with van der Waals surface area (Å²) in [5, 5.41) is 28.6. The highest BCUT2D eigenvalue weighted by Gasteiger charge is 2.28. The van der Waals surface area contributed by atoms with Crippen LogP contribution in [0.2, 0.25) is 0 Å². The third kappa shape index (κ3) is 4.19. The molecule has 1 atom stereocenters. The molecule has 9 heteroatoms. The summed E-state index contributed by atoms with van der Waals surface area (Å²) in [5.74, 6) is 1.28. The molecule has 2 heterocycles. The molecular formula is C24H24N8O. The van der Waals surface area contributed by atoms with Crippen LogP contribution >= 0.6 is 0 Å². The number of nitriles is 1. The van der Waals surface area contributed by atoms with Gasteiger partial charge in [-0.1, -0.05) is 13.0 Å². The first-order valence-corrected chi connectivity index (χ1v) is 10.5. The lowest BCUT2D eigenvalue weighted by Gasteiger charge is -2.27. The second kappa shape index (κ2) is 8.96. The number of hydrogen-bond acceptors (Lipinski definition) is 7. The molecule has 0 saturated carbocycles. The van der Waals surface area contributed by atoms with E-state index in [2.05, 4.69) is 38.0 Å². The first-order chi connectivity index (χ1) is 15.9. The fourth-order valence-corrected chi connectivity index (χ4v) is 3.99. The van der Waals surface area contributed by atoms with E-state index in [0.29, 0.717) is 17.7 Å². The minimum Gasteiger partial charge on any atom is -0.382 e. The Morgan fingerprint density at radius 3 is 2.70 bits per heavy atom. The Kier molecular flexibility index (Phi) is 5.91. The number of aryl methyl sites for hydroxylation is 1. The lowest BCUT2D eigenvalue weighted by Crippen LogP contribution is -2.25. The Balaban J connectivity index is 1.87. The molecule has 9 nitrogen and oxygen atoms in total. The number of primary amides is 1. The van der Waals surface area contributed by atoms with E-state index < -0.39 is 5.91 Å². The average molecular weight is 441 g/mol. The van der Waals surface area contributed by atoms with Crippen molar-refractivity contribution in [2.45, 2.75) is 19.8 Å². The minimum atomic E-state index is -0.478. The second-order valence-electron chi connectivity index (χ2n) is 7.91. The second-order valence-corrected chi connectivity index (χ2v) is 7.91. The molecule has 0 spiro atoms. The number of allylic oxidation sites excluding steroid dienone is 1. The number of carbonyl (C=O) groups excluding carboxylic acids is 1. The number of hydrogen-bond donors (Lipinski definition) is 3. The summed E-state index contributed by atoms with van der Waals surface area (Å²) in [6.07, 6.45) is 2.84. The number of nitrogens with one attached hydrogen (secondary N) is 2. The van der Waals surface area contributed by atoms with Gasteiger partial charge < -0.3 is 21.4 Å². The highest BCUT2D eigenvalue weighted by Crippen LogP contribution is 2.39. The number of fused-ring (bicyclic) bond motifs is 3. The van der Waals surface area contributed by atoms with E-state index in [1.807, 2.05) is 37.3 Å². The van der Waals surface area contributed by atoms with Crippen LogP contribution in [0.15, 0.2) is 48.7 Å². The van der Waals surface area contributed by atoms with Gasteiger partial charge in [-0.3, -0.25) is 9.36 Å². The van der Waals surface area contributed by atoms with Gasteiger partial charge in [0.25, 0.3) is 0 Å². The lowest BCUT2D eigenvalue weighted by molar-refractivity contribution is -0.117. The summed E-state index contributed by atoms with van der Waals surface area (Å²) in [6, 6.07) is 15.6. The number of aromatic nitrogens is 3. The zero-order valence-electron chi connectivity index (χ0n) is 18.4. The summed E-state index contributed by atoms with van der Waals surface area (Å²) in [7, 11) is 0. The summed E-state index contributed by atoms with van der Waals surface area (Å²) < 4.78 is 2.06. The fourth-order valence-electron chi connectivity index (χ4n) is 3.99. The monoisotopic (exact) mass is 440 g/mol. The molecule has 166 valence electrons. The Labute approximate surface area is 191 Å². The van der Waals surface area contributed by atoms with E-state index in [9.17, 15) is 10.1 Å². The largest absolute Gasteiger partial charge is 0.382 e. The molecule has 0 radical (unpaired) electrons. The number of benzene rings is 2. The highest BCUT2D eigenvalue weighted by atomic mass is 16.1. The zero-order valence-corrected chi connectivity index (χ0v) is 18.4. The number of carbonyl (C=O) groups is 1. The van der Waals surface area contributed by atoms with Crippen molar-refractivity contribution in [3.8, 4) is 11.8 Å². The van der Waals surface area contributed by atoms with E-state index in [-0.39, 0.29) is 12.5 Å². The van der Waals surface area contributed by atoms with Crippen molar-refractivity contribution in [1.29, 1.82) is 10.7 Å². The molecule has 33 heavy (non-hydrogen) atoms. The van der Waals surface area contributed by atoms with Gasteiger partial charge in [-0.05, 0) is 48.9 Å². The maximum absolute atomic E-state index is 11.1. The topological polar surface area (TPSA) is 137 Å². The molecule has 0 aliphatic carbocycles. The van der Waals surface area contributed by atoms with Gasteiger partial charge in [-0.15, -0.1) is 10.2 Å². The van der Waals surface area contributed by atoms with Gasteiger partial charge >= 0.3 is 0 Å². The van der Waals surface area contributed by atoms with E-state index in [4.69, 9.17) is 11.1 Å². The van der Waals surface area contributed by atoms with Crippen LogP contribution in [0.4, 0.5) is 11.4 Å². The molecule has 1 aliphatic rings. The predicted octanol–water partition coefficient (Wildman–Crippen LogP) is 2.77. The number of nitrogens with zero attached hydrogens (tertiary/aromatic N) is 5. The molecule has 1 aliphatic heterocycles. The Morgan fingerprint density at radius 2 is 2.03 bits per heavy atom. The number of amides is 1. The van der Waals surface area contributed by atoms with Crippen LogP contribution in [0, 0.1) is 23.7 Å². The van der Waals surface area contributed by atoms with Crippen molar-refractivity contribution in [2.24, 2.45) is 5.73 Å². The SMILES string of the molecule is Cc1nnc2n1-c1ccc(/C(C=N)=C/NCC(N)=O)cc1N(c1ccc(C#N)cc1)C[C@H]2C. The number of nitrogens with two attached hydrogens (primary N) is 1. The molecule has 4 N–H and O–H groups in total. The van der Waals surface area contributed by atoms with Crippen molar-refractivity contribution in [3.05, 3.63) is 71.4 Å². The molecule has 1 aromatic heterocycles. The Hall–Kier alpha value is -4.45. The molecule has 2 aromatic carbocycles. The van der Waals surface area contributed by atoms with Crippen molar-refractivity contribution < 1.29 is 4.79 Å². The highest BCUT2D eigenvalue weighted by molar-refractivity contribution is 6.08. The third-order valence-corrected chi connectivity index (χ3v) is 5.58. The van der Waals surface area contributed by atoms with Crippen molar-refractivity contribution in [3.63, 3.8) is 0 Å². The number of rotatable bonds is 6. The summed E-state index contributed by atoms with van der Waals surface area (Å²) in [5.41, 5.74) is 10.0. The first kappa shape index (κ1) is 21.8. The fraction of sp³-hybridized carbons (Fsp3) is 0.208. The normalized spacial score (nSPS) is 15.1. The van der Waals surface area contributed by atoms with Gasteiger partial charge in [0.1, 0.15) is 11.6 Å². The van der Waals surface area contributed by atoms with Crippen LogP contribution in [0.5, 0.6) is 0 Å². The van der Waals surface area contributed by atoms with E-state index in [0.717, 1.165) is 34.3 Å². The summed E-state index contributed by atoms with van der Waals surface area (Å²) in [6.45, 7) is 4.68. The van der Waals surface area contributed by atoms with Crippen molar-refractivity contribution in [1.82, 2.24) is 20.1 Å². The molecule has 0 bridgehead atoms. The molecule has 3 aromatic rings. The van der Waals surface area contributed by atoms with Crippen LogP contribution in [0.25, 0.3) is 11.3 Å². The first-order valence-electron chi connectivity index (χ1n) is 10.5. The van der Waals surface area contributed by atoms with Crippen molar-refractivity contribution in [2.75, 3.05) is 18.0 Å². The Morgan fingerprint density at radius 1 is 1.27 bits per heavy atom. The van der Waals surface area contributed by atoms with Crippen LogP contribution in [-0.4, -0.2) is 40.0 Å². The molecule has 0 unspecified atom stereocenters. The summed E-state index contributed by atoms with van der Waals surface area (Å²) >= 11 is 0. The summed E-state index contributed by atoms with van der Waals surface area (Å²) in [4.78, 5) is 13.3. The van der Waals surface area contributed by atoms with Crippen LogP contribution < -0.4 is 16.0 Å². The van der Waals surface area contributed by atoms with Crippen LogP contribution in [0.1, 0.15) is 35.6 Å².